The van der Waals surface area contributed by atoms with Gasteiger partial charge in [0, 0.05) is 5.56 Å². The zero-order valence-corrected chi connectivity index (χ0v) is 10.2. The van der Waals surface area contributed by atoms with Crippen molar-refractivity contribution in [2.75, 3.05) is 0 Å². The number of hydrogen-bond donors (Lipinski definition) is 0. The Kier molecular flexibility index (Phi) is 3.73. The average molecular weight is 270 g/mol. The number of Topliss-reactive ketones (excluding diaryl/α,β-unsaturated/α-hetero) is 2. The molecule has 0 fully saturated rings. The van der Waals surface area contributed by atoms with Crippen molar-refractivity contribution >= 4 is 11.6 Å². The van der Waals surface area contributed by atoms with Gasteiger partial charge >= 0.3 is 6.18 Å². The van der Waals surface area contributed by atoms with Gasteiger partial charge in [0.15, 0.2) is 5.78 Å². The number of fused-ring (bicyclic) bond motifs is 1. The molecule has 0 atom stereocenters. The van der Waals surface area contributed by atoms with Crippen LogP contribution in [0.3, 0.4) is 0 Å². The summed E-state index contributed by atoms with van der Waals surface area (Å²) in [5.41, 5.74) is 2.35. The van der Waals surface area contributed by atoms with E-state index in [4.69, 9.17) is 0 Å². The summed E-state index contributed by atoms with van der Waals surface area (Å²) in [6.45, 7) is 0. The third kappa shape index (κ3) is 3.22. The highest BCUT2D eigenvalue weighted by molar-refractivity contribution is 6.09. The Morgan fingerprint density at radius 2 is 1.68 bits per heavy atom. The van der Waals surface area contributed by atoms with Gasteiger partial charge in [-0.1, -0.05) is 12.1 Å². The van der Waals surface area contributed by atoms with Crippen LogP contribution in [0.5, 0.6) is 0 Å². The first-order valence-corrected chi connectivity index (χ1v) is 6.13. The number of halogens is 3. The lowest BCUT2D eigenvalue weighted by atomic mass is 9.89. The Balaban J connectivity index is 2.14. The molecular weight excluding hydrogens is 257 g/mol. The molecule has 0 N–H and O–H groups in total. The third-order valence-electron chi connectivity index (χ3n) is 3.31. The summed E-state index contributed by atoms with van der Waals surface area (Å²) in [4.78, 5) is 22.5. The van der Waals surface area contributed by atoms with E-state index < -0.39 is 24.2 Å². The lowest BCUT2D eigenvalue weighted by Gasteiger charge is -2.16. The van der Waals surface area contributed by atoms with Crippen LogP contribution in [0.25, 0.3) is 0 Å². The summed E-state index contributed by atoms with van der Waals surface area (Å²) in [7, 11) is 0. The Hall–Kier alpha value is -1.65. The maximum atomic E-state index is 12.1. The number of benzene rings is 1. The first-order valence-electron chi connectivity index (χ1n) is 6.13. The topological polar surface area (TPSA) is 34.1 Å². The zero-order valence-electron chi connectivity index (χ0n) is 10.2. The first kappa shape index (κ1) is 13.8. The SMILES string of the molecule is O=C(CC(=O)C(F)(F)F)c1ccc2c(c1)CCCC2. The Bertz CT molecular complexity index is 518. The van der Waals surface area contributed by atoms with Crippen LogP contribution in [0.4, 0.5) is 13.2 Å². The predicted octanol–water partition coefficient (Wildman–Crippen LogP) is 3.27. The third-order valence-corrected chi connectivity index (χ3v) is 3.31. The van der Waals surface area contributed by atoms with Crippen LogP contribution < -0.4 is 0 Å². The van der Waals surface area contributed by atoms with E-state index in [0.29, 0.717) is 0 Å². The van der Waals surface area contributed by atoms with Crippen molar-refractivity contribution in [1.29, 1.82) is 0 Å². The molecule has 0 radical (unpaired) electrons. The number of rotatable bonds is 3. The van der Waals surface area contributed by atoms with Gasteiger partial charge in [0.05, 0.1) is 6.42 Å². The molecule has 0 bridgehead atoms. The molecule has 1 aliphatic carbocycles. The Morgan fingerprint density at radius 3 is 2.32 bits per heavy atom. The Labute approximate surface area is 108 Å². The number of carbonyl (C=O) groups excluding carboxylic acids is 2. The summed E-state index contributed by atoms with van der Waals surface area (Å²) in [5, 5.41) is 0. The second kappa shape index (κ2) is 5.15. The van der Waals surface area contributed by atoms with E-state index in [1.54, 1.807) is 12.1 Å². The van der Waals surface area contributed by atoms with Gasteiger partial charge in [0.25, 0.3) is 0 Å². The lowest BCUT2D eigenvalue weighted by Crippen LogP contribution is -2.25. The van der Waals surface area contributed by atoms with E-state index in [2.05, 4.69) is 0 Å². The maximum Gasteiger partial charge on any atom is 0.450 e. The highest BCUT2D eigenvalue weighted by Crippen LogP contribution is 2.24. The second-order valence-corrected chi connectivity index (χ2v) is 4.71. The molecule has 0 unspecified atom stereocenters. The van der Waals surface area contributed by atoms with Crippen LogP contribution in [0.1, 0.15) is 40.7 Å². The summed E-state index contributed by atoms with van der Waals surface area (Å²) in [6.07, 6.45) is -2.17. The van der Waals surface area contributed by atoms with Gasteiger partial charge in [-0.15, -0.1) is 0 Å². The largest absolute Gasteiger partial charge is 0.450 e. The summed E-state index contributed by atoms with van der Waals surface area (Å²) < 4.78 is 36.3. The fourth-order valence-electron chi connectivity index (χ4n) is 2.25. The molecule has 0 heterocycles. The van der Waals surface area contributed by atoms with Crippen LogP contribution >= 0.6 is 0 Å². The highest BCUT2D eigenvalue weighted by Gasteiger charge is 2.39. The molecule has 0 spiro atoms. The summed E-state index contributed by atoms with van der Waals surface area (Å²) >= 11 is 0. The molecule has 5 heteroatoms. The quantitative estimate of drug-likeness (QED) is 0.624. The fourth-order valence-corrected chi connectivity index (χ4v) is 2.25. The molecule has 102 valence electrons. The van der Waals surface area contributed by atoms with Crippen molar-refractivity contribution in [3.05, 3.63) is 34.9 Å². The average Bonchev–Trinajstić information content (AvgIpc) is 2.37. The zero-order chi connectivity index (χ0) is 14.0. The predicted molar refractivity (Wildman–Crippen MR) is 63.1 cm³/mol. The van der Waals surface area contributed by atoms with Gasteiger partial charge in [-0.2, -0.15) is 13.2 Å². The van der Waals surface area contributed by atoms with Crippen LogP contribution in [-0.4, -0.2) is 17.7 Å². The molecule has 2 nitrogen and oxygen atoms in total. The van der Waals surface area contributed by atoms with E-state index in [-0.39, 0.29) is 5.56 Å². The standard InChI is InChI=1S/C14H13F3O2/c15-14(16,17)13(19)8-12(18)11-6-5-9-3-1-2-4-10(9)7-11/h5-7H,1-4,8H2. The molecule has 19 heavy (non-hydrogen) atoms. The van der Waals surface area contributed by atoms with Crippen molar-refractivity contribution in [3.8, 4) is 0 Å². The highest BCUT2D eigenvalue weighted by atomic mass is 19.4. The molecule has 0 saturated heterocycles. The second-order valence-electron chi connectivity index (χ2n) is 4.71. The minimum atomic E-state index is -4.94. The smallest absolute Gasteiger partial charge is 0.294 e. The molecule has 1 aromatic carbocycles. The van der Waals surface area contributed by atoms with Crippen molar-refractivity contribution in [3.63, 3.8) is 0 Å². The van der Waals surface area contributed by atoms with E-state index >= 15 is 0 Å². The molecule has 0 amide bonds. The number of ketones is 2. The molecule has 0 aliphatic heterocycles. The molecule has 1 aliphatic rings. The van der Waals surface area contributed by atoms with Crippen LogP contribution in [0.15, 0.2) is 18.2 Å². The number of alkyl halides is 3. The van der Waals surface area contributed by atoms with Gasteiger partial charge in [0.2, 0.25) is 5.78 Å². The van der Waals surface area contributed by atoms with Crippen molar-refractivity contribution in [2.24, 2.45) is 0 Å². The lowest BCUT2D eigenvalue weighted by molar-refractivity contribution is -0.170. The monoisotopic (exact) mass is 270 g/mol. The summed E-state index contributed by atoms with van der Waals surface area (Å²) in [5.74, 6) is -2.76. The molecule has 2 rings (SSSR count). The van der Waals surface area contributed by atoms with Crippen molar-refractivity contribution < 1.29 is 22.8 Å². The van der Waals surface area contributed by atoms with Crippen molar-refractivity contribution in [2.45, 2.75) is 38.3 Å². The van der Waals surface area contributed by atoms with E-state index in [9.17, 15) is 22.8 Å². The summed E-state index contributed by atoms with van der Waals surface area (Å²) in [6, 6.07) is 4.91. The normalized spacial score (nSPS) is 14.9. The van der Waals surface area contributed by atoms with Gasteiger partial charge in [-0.05, 0) is 42.9 Å². The van der Waals surface area contributed by atoms with Crippen LogP contribution in [0.2, 0.25) is 0 Å². The molecule has 1 aromatic rings. The molecular formula is C14H13F3O2. The van der Waals surface area contributed by atoms with E-state index in [1.807, 2.05) is 0 Å². The molecule has 0 saturated carbocycles. The van der Waals surface area contributed by atoms with E-state index in [0.717, 1.165) is 36.8 Å². The Morgan fingerprint density at radius 1 is 1.05 bits per heavy atom. The van der Waals surface area contributed by atoms with Gasteiger partial charge in [-0.3, -0.25) is 9.59 Å². The molecule has 0 aromatic heterocycles. The van der Waals surface area contributed by atoms with Gasteiger partial charge < -0.3 is 0 Å². The van der Waals surface area contributed by atoms with Crippen molar-refractivity contribution in [1.82, 2.24) is 0 Å². The number of carbonyl (C=O) groups is 2. The number of hydrogen-bond acceptors (Lipinski definition) is 2. The van der Waals surface area contributed by atoms with Crippen LogP contribution in [-0.2, 0) is 17.6 Å². The fraction of sp³-hybridized carbons (Fsp3) is 0.429. The minimum absolute atomic E-state index is 0.193. The minimum Gasteiger partial charge on any atom is -0.294 e. The first-order chi connectivity index (χ1) is 8.88. The van der Waals surface area contributed by atoms with Gasteiger partial charge in [-0.25, -0.2) is 0 Å². The van der Waals surface area contributed by atoms with Crippen LogP contribution in [0, 0.1) is 0 Å². The number of aryl methyl sites for hydroxylation is 2. The van der Waals surface area contributed by atoms with E-state index in [1.165, 1.54) is 6.07 Å². The maximum absolute atomic E-state index is 12.1. The van der Waals surface area contributed by atoms with Gasteiger partial charge in [0.1, 0.15) is 0 Å².